The normalized spacial score (nSPS) is 12.6. The van der Waals surface area contributed by atoms with Crippen LogP contribution in [0.3, 0.4) is 0 Å². The maximum Gasteiger partial charge on any atom is 0.132 e. The van der Waals surface area contributed by atoms with Crippen molar-refractivity contribution in [1.82, 2.24) is 5.32 Å². The zero-order valence-corrected chi connectivity index (χ0v) is 13.3. The Kier molecular flexibility index (Phi) is 5.50. The fourth-order valence-electron chi connectivity index (χ4n) is 2.15. The highest BCUT2D eigenvalue weighted by Gasteiger charge is 2.24. The number of methoxy groups -OCH3 is 1. The lowest BCUT2D eigenvalue weighted by atomic mass is 10.0. The average Bonchev–Trinajstić information content (AvgIpc) is 2.85. The van der Waals surface area contributed by atoms with Gasteiger partial charge in [0.15, 0.2) is 0 Å². The average molecular weight is 360 g/mol. The molecule has 2 aromatic rings. The SMILES string of the molecule is CCNC(c1ccc(COC)o1)c1c(F)cc(Br)cc1F. The molecule has 2 rings (SSSR count). The fourth-order valence-corrected chi connectivity index (χ4v) is 2.55. The summed E-state index contributed by atoms with van der Waals surface area (Å²) in [6.45, 7) is 2.71. The minimum absolute atomic E-state index is 0.0571. The van der Waals surface area contributed by atoms with E-state index in [0.29, 0.717) is 29.1 Å². The van der Waals surface area contributed by atoms with Gasteiger partial charge in [-0.2, -0.15) is 0 Å². The molecular weight excluding hydrogens is 344 g/mol. The van der Waals surface area contributed by atoms with Crippen LogP contribution in [-0.2, 0) is 11.3 Å². The zero-order chi connectivity index (χ0) is 15.4. The lowest BCUT2D eigenvalue weighted by Crippen LogP contribution is -2.23. The van der Waals surface area contributed by atoms with Crippen LogP contribution >= 0.6 is 15.9 Å². The van der Waals surface area contributed by atoms with Gasteiger partial charge in [0.05, 0.1) is 6.04 Å². The predicted molar refractivity (Wildman–Crippen MR) is 79.0 cm³/mol. The summed E-state index contributed by atoms with van der Waals surface area (Å²) in [5, 5.41) is 3.04. The highest BCUT2D eigenvalue weighted by atomic mass is 79.9. The van der Waals surface area contributed by atoms with Crippen molar-refractivity contribution >= 4 is 15.9 Å². The topological polar surface area (TPSA) is 34.4 Å². The summed E-state index contributed by atoms with van der Waals surface area (Å²) in [6.07, 6.45) is 0. The Morgan fingerprint density at radius 1 is 1.29 bits per heavy atom. The largest absolute Gasteiger partial charge is 0.462 e. The number of hydrogen-bond donors (Lipinski definition) is 1. The Bertz CT molecular complexity index is 592. The second-order valence-electron chi connectivity index (χ2n) is 4.51. The third kappa shape index (κ3) is 3.70. The van der Waals surface area contributed by atoms with Crippen LogP contribution in [-0.4, -0.2) is 13.7 Å². The summed E-state index contributed by atoms with van der Waals surface area (Å²) in [6, 6.07) is 5.22. The first-order chi connectivity index (χ1) is 10.1. The third-order valence-corrected chi connectivity index (χ3v) is 3.45. The van der Waals surface area contributed by atoms with E-state index in [2.05, 4.69) is 21.2 Å². The van der Waals surface area contributed by atoms with Gasteiger partial charge >= 0.3 is 0 Å². The van der Waals surface area contributed by atoms with Crippen LogP contribution in [0.4, 0.5) is 8.78 Å². The third-order valence-electron chi connectivity index (χ3n) is 2.99. The van der Waals surface area contributed by atoms with Crippen molar-refractivity contribution in [3.63, 3.8) is 0 Å². The van der Waals surface area contributed by atoms with Gasteiger partial charge in [0, 0.05) is 17.1 Å². The van der Waals surface area contributed by atoms with E-state index in [4.69, 9.17) is 9.15 Å². The van der Waals surface area contributed by atoms with Crippen molar-refractivity contribution in [3.8, 4) is 0 Å². The van der Waals surface area contributed by atoms with E-state index in [9.17, 15) is 8.78 Å². The molecule has 0 radical (unpaired) electrons. The molecule has 1 heterocycles. The molecule has 1 atom stereocenters. The molecule has 0 aliphatic carbocycles. The quantitative estimate of drug-likeness (QED) is 0.840. The van der Waals surface area contributed by atoms with Gasteiger partial charge in [0.2, 0.25) is 0 Å². The van der Waals surface area contributed by atoms with Crippen LogP contribution in [0, 0.1) is 11.6 Å². The Hall–Kier alpha value is -1.24. The summed E-state index contributed by atoms with van der Waals surface area (Å²) in [5.74, 6) is -0.201. The van der Waals surface area contributed by atoms with E-state index in [1.165, 1.54) is 12.1 Å². The molecule has 21 heavy (non-hydrogen) atoms. The molecular formula is C15H16BrF2NO2. The number of rotatable bonds is 6. The second-order valence-corrected chi connectivity index (χ2v) is 5.43. The summed E-state index contributed by atoms with van der Waals surface area (Å²) in [5.41, 5.74) is -0.0571. The van der Waals surface area contributed by atoms with Crippen molar-refractivity contribution in [2.45, 2.75) is 19.6 Å². The van der Waals surface area contributed by atoms with Crippen molar-refractivity contribution in [2.75, 3.05) is 13.7 Å². The molecule has 6 heteroatoms. The minimum atomic E-state index is -0.686. The number of furan rings is 1. The van der Waals surface area contributed by atoms with E-state index < -0.39 is 17.7 Å². The van der Waals surface area contributed by atoms with Gasteiger partial charge in [-0.1, -0.05) is 22.9 Å². The van der Waals surface area contributed by atoms with Crippen LogP contribution in [0.5, 0.6) is 0 Å². The first-order valence-electron chi connectivity index (χ1n) is 6.52. The van der Waals surface area contributed by atoms with Crippen molar-refractivity contribution in [1.29, 1.82) is 0 Å². The number of halogens is 3. The van der Waals surface area contributed by atoms with Crippen molar-refractivity contribution in [2.24, 2.45) is 0 Å². The standard InChI is InChI=1S/C15H16BrF2NO2/c1-3-19-15(13-5-4-10(21-13)8-20-2)14-11(17)6-9(16)7-12(14)18/h4-7,15,19H,3,8H2,1-2H3. The van der Waals surface area contributed by atoms with Gasteiger partial charge in [-0.05, 0) is 30.8 Å². The molecule has 3 nitrogen and oxygen atoms in total. The predicted octanol–water partition coefficient (Wildman–Crippen LogP) is 4.17. The van der Waals surface area contributed by atoms with Crippen LogP contribution < -0.4 is 5.32 Å². The highest BCUT2D eigenvalue weighted by Crippen LogP contribution is 2.30. The summed E-state index contributed by atoms with van der Waals surface area (Å²) >= 11 is 3.08. The fraction of sp³-hybridized carbons (Fsp3) is 0.333. The molecule has 0 amide bonds. The van der Waals surface area contributed by atoms with Gasteiger partial charge in [0.1, 0.15) is 29.8 Å². The monoisotopic (exact) mass is 359 g/mol. The molecule has 0 bridgehead atoms. The number of nitrogens with one attached hydrogen (secondary N) is 1. The van der Waals surface area contributed by atoms with Crippen molar-refractivity contribution in [3.05, 3.63) is 57.5 Å². The minimum Gasteiger partial charge on any atom is -0.462 e. The molecule has 0 saturated heterocycles. The van der Waals surface area contributed by atoms with Crippen LogP contribution in [0.1, 0.15) is 30.0 Å². The summed E-state index contributed by atoms with van der Waals surface area (Å²) in [4.78, 5) is 0. The molecule has 1 unspecified atom stereocenters. The molecule has 0 fully saturated rings. The number of ether oxygens (including phenoxy) is 1. The van der Waals surface area contributed by atoms with Gasteiger partial charge < -0.3 is 14.5 Å². The van der Waals surface area contributed by atoms with E-state index in [-0.39, 0.29) is 5.56 Å². The molecule has 0 aliphatic rings. The smallest absolute Gasteiger partial charge is 0.132 e. The van der Waals surface area contributed by atoms with Crippen LogP contribution in [0.15, 0.2) is 33.2 Å². The molecule has 0 spiro atoms. The molecule has 1 aromatic heterocycles. The first kappa shape index (κ1) is 16.1. The van der Waals surface area contributed by atoms with Gasteiger partial charge in [0.25, 0.3) is 0 Å². The maximum absolute atomic E-state index is 14.1. The Labute approximate surface area is 130 Å². The van der Waals surface area contributed by atoms with Gasteiger partial charge in [-0.15, -0.1) is 0 Å². The van der Waals surface area contributed by atoms with Gasteiger partial charge in [-0.3, -0.25) is 0 Å². The summed E-state index contributed by atoms with van der Waals surface area (Å²) in [7, 11) is 1.55. The molecule has 0 aliphatic heterocycles. The maximum atomic E-state index is 14.1. The van der Waals surface area contributed by atoms with E-state index in [1.807, 2.05) is 6.92 Å². The number of benzene rings is 1. The second kappa shape index (κ2) is 7.15. The molecule has 1 aromatic carbocycles. The van der Waals surface area contributed by atoms with Crippen molar-refractivity contribution < 1.29 is 17.9 Å². The lowest BCUT2D eigenvalue weighted by molar-refractivity contribution is 0.162. The zero-order valence-electron chi connectivity index (χ0n) is 11.8. The lowest BCUT2D eigenvalue weighted by Gasteiger charge is -2.18. The van der Waals surface area contributed by atoms with E-state index >= 15 is 0 Å². The van der Waals surface area contributed by atoms with Crippen LogP contribution in [0.2, 0.25) is 0 Å². The first-order valence-corrected chi connectivity index (χ1v) is 7.31. The molecule has 114 valence electrons. The highest BCUT2D eigenvalue weighted by molar-refractivity contribution is 9.10. The Balaban J connectivity index is 2.43. The summed E-state index contributed by atoms with van der Waals surface area (Å²) < 4.78 is 39.2. The molecule has 1 N–H and O–H groups in total. The van der Waals surface area contributed by atoms with Gasteiger partial charge in [-0.25, -0.2) is 8.78 Å². The number of hydrogen-bond acceptors (Lipinski definition) is 3. The Morgan fingerprint density at radius 3 is 2.52 bits per heavy atom. The van der Waals surface area contributed by atoms with Crippen LogP contribution in [0.25, 0.3) is 0 Å². The Morgan fingerprint density at radius 2 is 1.95 bits per heavy atom. The van der Waals surface area contributed by atoms with E-state index in [0.717, 1.165) is 0 Å². The molecule has 0 saturated carbocycles. The van der Waals surface area contributed by atoms with E-state index in [1.54, 1.807) is 19.2 Å².